The second-order valence-corrected chi connectivity index (χ2v) is 6.69. The van der Waals surface area contributed by atoms with Gasteiger partial charge in [0.15, 0.2) is 0 Å². The predicted octanol–water partition coefficient (Wildman–Crippen LogP) is 3.50. The molecule has 0 radical (unpaired) electrons. The maximum atomic E-state index is 12.7. The van der Waals surface area contributed by atoms with Gasteiger partial charge >= 0.3 is 5.76 Å². The molecule has 0 bridgehead atoms. The van der Waals surface area contributed by atoms with E-state index in [9.17, 15) is 22.0 Å². The molecule has 0 saturated heterocycles. The van der Waals surface area contributed by atoms with Crippen molar-refractivity contribution in [2.24, 2.45) is 0 Å². The molecule has 1 amide bonds. The van der Waals surface area contributed by atoms with E-state index in [-0.39, 0.29) is 5.69 Å². The third-order valence-corrected chi connectivity index (χ3v) is 4.74. The fourth-order valence-corrected chi connectivity index (χ4v) is 2.89. The van der Waals surface area contributed by atoms with Crippen LogP contribution < -0.4 is 5.32 Å². The van der Waals surface area contributed by atoms with Crippen molar-refractivity contribution >= 4 is 21.4 Å². The van der Waals surface area contributed by atoms with Gasteiger partial charge in [0, 0.05) is 5.56 Å². The summed E-state index contributed by atoms with van der Waals surface area (Å²) in [6, 6.07) is 11.8. The van der Waals surface area contributed by atoms with Crippen LogP contribution in [0.2, 0.25) is 0 Å². The Hall–Kier alpha value is -2.28. The fourth-order valence-electron chi connectivity index (χ4n) is 2.00. The van der Waals surface area contributed by atoms with Crippen LogP contribution in [0.1, 0.15) is 22.8 Å². The summed E-state index contributed by atoms with van der Waals surface area (Å²) in [7, 11) is -4.79. The second-order valence-electron chi connectivity index (χ2n) is 4.81. The molecule has 2 aromatic rings. The van der Waals surface area contributed by atoms with Crippen molar-refractivity contribution in [2.75, 3.05) is 5.32 Å². The summed E-state index contributed by atoms with van der Waals surface area (Å²) < 4.78 is 48.7. The number of hydrogen-bond donors (Lipinski definition) is 1. The van der Waals surface area contributed by atoms with E-state index in [0.29, 0.717) is 5.56 Å². The molecule has 0 aliphatic heterocycles. The minimum Gasteiger partial charge on any atom is -0.321 e. The van der Waals surface area contributed by atoms with Gasteiger partial charge in [-0.25, -0.2) is 8.42 Å². The summed E-state index contributed by atoms with van der Waals surface area (Å²) in [5.41, 5.74) is 1.19. The zero-order chi connectivity index (χ0) is 17.0. The highest BCUT2D eigenvalue weighted by molar-refractivity contribution is 7.91. The number of amides is 1. The topological polar surface area (TPSA) is 63.2 Å². The minimum absolute atomic E-state index is 0.169. The van der Waals surface area contributed by atoms with Crippen LogP contribution in [-0.2, 0) is 16.3 Å². The number of anilines is 1. The van der Waals surface area contributed by atoms with E-state index in [2.05, 4.69) is 5.32 Å². The predicted molar refractivity (Wildman–Crippen MR) is 83.4 cm³/mol. The van der Waals surface area contributed by atoms with Crippen LogP contribution in [-0.4, -0.2) is 20.1 Å². The molecule has 0 fully saturated rings. The zero-order valence-electron chi connectivity index (χ0n) is 12.3. The molecule has 0 aliphatic rings. The molecule has 0 atom stereocenters. The van der Waals surface area contributed by atoms with E-state index in [0.717, 1.165) is 18.1 Å². The number of nitrogens with one attached hydrogen (secondary N) is 1. The van der Waals surface area contributed by atoms with E-state index < -0.39 is 26.4 Å². The Balaban J connectivity index is 2.31. The summed E-state index contributed by atoms with van der Waals surface area (Å²) in [5, 5.41) is 2.37. The Morgan fingerprint density at radius 1 is 1.09 bits per heavy atom. The minimum atomic E-state index is -4.79. The Kier molecular flexibility index (Phi) is 5.10. The van der Waals surface area contributed by atoms with Crippen LogP contribution in [0.5, 0.6) is 0 Å². The van der Waals surface area contributed by atoms with Crippen LogP contribution in [0.25, 0.3) is 0 Å². The highest BCUT2D eigenvalue weighted by atomic mass is 32.2. The smallest absolute Gasteiger partial charge is 0.321 e. The molecule has 2 rings (SSSR count). The van der Waals surface area contributed by atoms with E-state index >= 15 is 0 Å². The van der Waals surface area contributed by atoms with Crippen LogP contribution >= 0.6 is 0 Å². The van der Waals surface area contributed by atoms with Crippen LogP contribution in [0, 0.1) is 0 Å². The standard InChI is InChI=1S/C16H15F2NO3S/c1-2-11-7-9-12(10-8-11)15(20)19-13-5-3-4-6-14(13)23(21,22)16(17)18/h3-10,16H,2H2,1H3,(H,19,20). The molecule has 4 nitrogen and oxygen atoms in total. The lowest BCUT2D eigenvalue weighted by molar-refractivity contribution is 0.102. The number of carbonyl (C=O) groups is 1. The van der Waals surface area contributed by atoms with Crippen molar-refractivity contribution in [3.05, 3.63) is 59.7 Å². The van der Waals surface area contributed by atoms with Crippen molar-refractivity contribution < 1.29 is 22.0 Å². The van der Waals surface area contributed by atoms with Crippen molar-refractivity contribution in [2.45, 2.75) is 24.0 Å². The summed E-state index contributed by atoms with van der Waals surface area (Å²) in [6.07, 6.45) is 0.817. The molecule has 0 aromatic heterocycles. The molecular formula is C16H15F2NO3S. The number of benzene rings is 2. The van der Waals surface area contributed by atoms with Gasteiger partial charge in [0.2, 0.25) is 9.84 Å². The highest BCUT2D eigenvalue weighted by Gasteiger charge is 2.29. The number of para-hydroxylation sites is 1. The molecule has 7 heteroatoms. The maximum absolute atomic E-state index is 12.7. The summed E-state index contributed by atoms with van der Waals surface area (Å²) in [4.78, 5) is 11.6. The van der Waals surface area contributed by atoms with Gasteiger partial charge in [-0.3, -0.25) is 4.79 Å². The van der Waals surface area contributed by atoms with Crippen molar-refractivity contribution in [1.82, 2.24) is 0 Å². The average Bonchev–Trinajstić information content (AvgIpc) is 2.55. The monoisotopic (exact) mass is 339 g/mol. The first-order valence-electron chi connectivity index (χ1n) is 6.87. The molecule has 0 unspecified atom stereocenters. The van der Waals surface area contributed by atoms with Gasteiger partial charge in [0.05, 0.1) is 10.6 Å². The Labute approximate surface area is 133 Å². The van der Waals surface area contributed by atoms with E-state index in [1.165, 1.54) is 18.2 Å². The third-order valence-electron chi connectivity index (χ3n) is 3.30. The first-order chi connectivity index (χ1) is 10.9. The van der Waals surface area contributed by atoms with Gasteiger partial charge in [-0.1, -0.05) is 31.2 Å². The first-order valence-corrected chi connectivity index (χ1v) is 8.42. The van der Waals surface area contributed by atoms with E-state index in [1.54, 1.807) is 24.3 Å². The van der Waals surface area contributed by atoms with E-state index in [1.807, 2.05) is 6.92 Å². The summed E-state index contributed by atoms with van der Waals surface area (Å²) in [6.45, 7) is 1.97. The number of hydrogen-bond acceptors (Lipinski definition) is 3. The Morgan fingerprint density at radius 3 is 2.26 bits per heavy atom. The molecule has 0 saturated carbocycles. The summed E-state index contributed by atoms with van der Waals surface area (Å²) in [5.74, 6) is -4.12. The second kappa shape index (κ2) is 6.87. The van der Waals surface area contributed by atoms with Crippen LogP contribution in [0.4, 0.5) is 14.5 Å². The lowest BCUT2D eigenvalue weighted by atomic mass is 10.1. The molecule has 122 valence electrons. The fraction of sp³-hybridized carbons (Fsp3) is 0.188. The molecule has 23 heavy (non-hydrogen) atoms. The number of halogens is 2. The van der Waals surface area contributed by atoms with Crippen molar-refractivity contribution in [1.29, 1.82) is 0 Å². The van der Waals surface area contributed by atoms with Crippen molar-refractivity contribution in [3.63, 3.8) is 0 Å². The number of aryl methyl sites for hydroxylation is 1. The van der Waals surface area contributed by atoms with Gasteiger partial charge in [0.25, 0.3) is 5.91 Å². The van der Waals surface area contributed by atoms with Crippen molar-refractivity contribution in [3.8, 4) is 0 Å². The van der Waals surface area contributed by atoms with Gasteiger partial charge < -0.3 is 5.32 Å². The molecule has 1 N–H and O–H groups in total. The molecule has 0 aliphatic carbocycles. The van der Waals surface area contributed by atoms with E-state index in [4.69, 9.17) is 0 Å². The number of rotatable bonds is 5. The van der Waals surface area contributed by atoms with Crippen LogP contribution in [0.3, 0.4) is 0 Å². The Bertz CT molecular complexity index is 802. The molecule has 0 spiro atoms. The Morgan fingerprint density at radius 2 is 1.70 bits per heavy atom. The average molecular weight is 339 g/mol. The van der Waals surface area contributed by atoms with Crippen LogP contribution in [0.15, 0.2) is 53.4 Å². The first kappa shape index (κ1) is 17.1. The molecular weight excluding hydrogens is 324 g/mol. The number of carbonyl (C=O) groups excluding carboxylic acids is 1. The molecule has 2 aromatic carbocycles. The summed E-state index contributed by atoms with van der Waals surface area (Å²) >= 11 is 0. The number of alkyl halides is 2. The third kappa shape index (κ3) is 3.73. The maximum Gasteiger partial charge on any atom is 0.341 e. The SMILES string of the molecule is CCc1ccc(C(=O)Nc2ccccc2S(=O)(=O)C(F)F)cc1. The van der Waals surface area contributed by atoms with Gasteiger partial charge in [-0.15, -0.1) is 0 Å². The van der Waals surface area contributed by atoms with Gasteiger partial charge in [-0.2, -0.15) is 8.78 Å². The number of sulfone groups is 1. The zero-order valence-corrected chi connectivity index (χ0v) is 13.1. The quantitative estimate of drug-likeness (QED) is 0.907. The lowest BCUT2D eigenvalue weighted by Gasteiger charge is -2.11. The van der Waals surface area contributed by atoms with Gasteiger partial charge in [0.1, 0.15) is 0 Å². The normalized spacial score (nSPS) is 11.5. The highest BCUT2D eigenvalue weighted by Crippen LogP contribution is 2.26. The largest absolute Gasteiger partial charge is 0.341 e. The lowest BCUT2D eigenvalue weighted by Crippen LogP contribution is -2.17. The van der Waals surface area contributed by atoms with Gasteiger partial charge in [-0.05, 0) is 36.2 Å². The molecule has 0 heterocycles.